The second kappa shape index (κ2) is 7.15. The summed E-state index contributed by atoms with van der Waals surface area (Å²) in [6, 6.07) is 14.4. The molecule has 2 aliphatic rings. The Morgan fingerprint density at radius 2 is 1.93 bits per heavy atom. The van der Waals surface area contributed by atoms with Crippen LogP contribution < -0.4 is 14.2 Å². The van der Waals surface area contributed by atoms with Crippen LogP contribution >= 0.6 is 0 Å². The van der Waals surface area contributed by atoms with Gasteiger partial charge in [0.2, 0.25) is 5.78 Å². The number of ketones is 1. The lowest BCUT2D eigenvalue weighted by molar-refractivity contribution is -0.135. The molecule has 6 nitrogen and oxygen atoms in total. The summed E-state index contributed by atoms with van der Waals surface area (Å²) in [4.78, 5) is 29.4. The van der Waals surface area contributed by atoms with Crippen molar-refractivity contribution in [2.45, 2.75) is 12.3 Å². The van der Waals surface area contributed by atoms with Gasteiger partial charge in [0.25, 0.3) is 0 Å². The fourth-order valence-electron chi connectivity index (χ4n) is 3.90. The molecule has 5 rings (SSSR count). The van der Waals surface area contributed by atoms with Gasteiger partial charge in [-0.3, -0.25) is 14.6 Å². The van der Waals surface area contributed by atoms with Gasteiger partial charge in [-0.1, -0.05) is 24.3 Å². The third kappa shape index (κ3) is 2.93. The minimum atomic E-state index is -0.328. The maximum Gasteiger partial charge on any atom is 0.312 e. The molecular formula is C24H17NO5. The Balaban J connectivity index is 1.62. The van der Waals surface area contributed by atoms with Crippen LogP contribution in [0.4, 0.5) is 0 Å². The molecule has 30 heavy (non-hydrogen) atoms. The summed E-state index contributed by atoms with van der Waals surface area (Å²) in [5.74, 6) is 0.825. The molecule has 0 spiro atoms. The number of benzene rings is 2. The Morgan fingerprint density at radius 1 is 1.07 bits per heavy atom. The average Bonchev–Trinajstić information content (AvgIpc) is 3.09. The van der Waals surface area contributed by atoms with Gasteiger partial charge >= 0.3 is 5.97 Å². The van der Waals surface area contributed by atoms with E-state index < -0.39 is 0 Å². The van der Waals surface area contributed by atoms with Gasteiger partial charge in [-0.05, 0) is 35.9 Å². The molecule has 148 valence electrons. The van der Waals surface area contributed by atoms with Gasteiger partial charge in [-0.2, -0.15) is 0 Å². The number of carbonyl (C=O) groups excluding carboxylic acids is 2. The second-order valence-corrected chi connectivity index (χ2v) is 7.05. The highest BCUT2D eigenvalue weighted by atomic mass is 16.5. The van der Waals surface area contributed by atoms with E-state index in [1.54, 1.807) is 37.7 Å². The van der Waals surface area contributed by atoms with Crippen molar-refractivity contribution in [2.75, 3.05) is 7.11 Å². The number of carbonyl (C=O) groups is 2. The molecule has 0 radical (unpaired) electrons. The van der Waals surface area contributed by atoms with E-state index in [2.05, 4.69) is 4.98 Å². The lowest BCUT2D eigenvalue weighted by Crippen LogP contribution is -2.21. The molecule has 3 aromatic rings. The minimum Gasteiger partial charge on any atom is -0.496 e. The van der Waals surface area contributed by atoms with Crippen LogP contribution in [0.2, 0.25) is 0 Å². The Labute approximate surface area is 172 Å². The van der Waals surface area contributed by atoms with Crippen molar-refractivity contribution in [2.24, 2.45) is 0 Å². The zero-order valence-electron chi connectivity index (χ0n) is 16.1. The molecule has 1 aromatic heterocycles. The summed E-state index contributed by atoms with van der Waals surface area (Å²) in [5, 5.41) is 0. The molecule has 0 amide bonds. The molecule has 0 fully saturated rings. The number of ether oxygens (including phenoxy) is 3. The quantitative estimate of drug-likeness (QED) is 0.374. The molecule has 1 unspecified atom stereocenters. The van der Waals surface area contributed by atoms with Gasteiger partial charge in [-0.25, -0.2) is 0 Å². The Kier molecular flexibility index (Phi) is 4.32. The van der Waals surface area contributed by atoms with Gasteiger partial charge in [0.15, 0.2) is 5.76 Å². The number of hydrogen-bond acceptors (Lipinski definition) is 6. The van der Waals surface area contributed by atoms with Gasteiger partial charge in [-0.15, -0.1) is 0 Å². The van der Waals surface area contributed by atoms with Crippen molar-refractivity contribution >= 4 is 17.8 Å². The summed E-state index contributed by atoms with van der Waals surface area (Å²) < 4.78 is 16.9. The fourth-order valence-corrected chi connectivity index (χ4v) is 3.90. The molecular weight excluding hydrogens is 382 g/mol. The number of para-hydroxylation sites is 1. The summed E-state index contributed by atoms with van der Waals surface area (Å²) in [6.07, 6.45) is 5.21. The molecule has 2 aromatic carbocycles. The first-order valence-electron chi connectivity index (χ1n) is 9.50. The van der Waals surface area contributed by atoms with Crippen LogP contribution in [0, 0.1) is 0 Å². The predicted octanol–water partition coefficient (Wildman–Crippen LogP) is 4.15. The molecule has 1 atom stereocenters. The number of hydrogen-bond donors (Lipinski definition) is 0. The molecule has 6 heteroatoms. The molecule has 0 aliphatic carbocycles. The van der Waals surface area contributed by atoms with E-state index in [1.807, 2.05) is 36.4 Å². The van der Waals surface area contributed by atoms with Crippen molar-refractivity contribution < 1.29 is 23.8 Å². The van der Waals surface area contributed by atoms with Crippen LogP contribution in [0.5, 0.6) is 17.2 Å². The molecule has 0 saturated carbocycles. The van der Waals surface area contributed by atoms with Crippen molar-refractivity contribution in [3.8, 4) is 17.2 Å². The van der Waals surface area contributed by atoms with Gasteiger partial charge in [0, 0.05) is 29.4 Å². The normalized spacial score (nSPS) is 18.4. The first kappa shape index (κ1) is 18.1. The van der Waals surface area contributed by atoms with Crippen LogP contribution in [-0.4, -0.2) is 23.8 Å². The van der Waals surface area contributed by atoms with E-state index in [-0.39, 0.29) is 29.9 Å². The highest BCUT2D eigenvalue weighted by molar-refractivity contribution is 6.15. The van der Waals surface area contributed by atoms with Gasteiger partial charge < -0.3 is 14.2 Å². The number of aromatic nitrogens is 1. The topological polar surface area (TPSA) is 74.7 Å². The number of pyridine rings is 1. The molecule has 0 N–H and O–H groups in total. The zero-order valence-corrected chi connectivity index (χ0v) is 16.1. The third-order valence-corrected chi connectivity index (χ3v) is 5.29. The highest BCUT2D eigenvalue weighted by Gasteiger charge is 2.38. The zero-order chi connectivity index (χ0) is 20.7. The van der Waals surface area contributed by atoms with Crippen molar-refractivity contribution in [3.63, 3.8) is 0 Å². The third-order valence-electron chi connectivity index (χ3n) is 5.29. The van der Waals surface area contributed by atoms with E-state index >= 15 is 0 Å². The average molecular weight is 399 g/mol. The lowest BCUT2D eigenvalue weighted by atomic mass is 9.85. The van der Waals surface area contributed by atoms with E-state index in [4.69, 9.17) is 14.2 Å². The summed E-state index contributed by atoms with van der Waals surface area (Å²) in [7, 11) is 1.58. The van der Waals surface area contributed by atoms with Crippen LogP contribution in [0.3, 0.4) is 0 Å². The highest BCUT2D eigenvalue weighted by Crippen LogP contribution is 2.48. The van der Waals surface area contributed by atoms with E-state index in [0.717, 1.165) is 11.1 Å². The van der Waals surface area contributed by atoms with Crippen LogP contribution in [0.1, 0.15) is 39.4 Å². The maximum atomic E-state index is 13.0. The van der Waals surface area contributed by atoms with Crippen molar-refractivity contribution in [1.82, 2.24) is 4.98 Å². The van der Waals surface area contributed by atoms with E-state index in [0.29, 0.717) is 28.4 Å². The monoisotopic (exact) mass is 399 g/mol. The first-order valence-corrected chi connectivity index (χ1v) is 9.50. The van der Waals surface area contributed by atoms with Crippen LogP contribution in [0.15, 0.2) is 66.7 Å². The largest absolute Gasteiger partial charge is 0.496 e. The smallest absolute Gasteiger partial charge is 0.312 e. The summed E-state index contributed by atoms with van der Waals surface area (Å²) in [6.45, 7) is 0. The Bertz CT molecular complexity index is 1200. The van der Waals surface area contributed by atoms with Crippen LogP contribution in [0.25, 0.3) is 6.08 Å². The first-order chi connectivity index (χ1) is 14.7. The predicted molar refractivity (Wildman–Crippen MR) is 109 cm³/mol. The van der Waals surface area contributed by atoms with Crippen molar-refractivity contribution in [3.05, 3.63) is 88.9 Å². The number of Topliss-reactive ketones (excluding diaryl/α,β-unsaturated/α-hetero) is 1. The second-order valence-electron chi connectivity index (χ2n) is 7.05. The standard InChI is InChI=1S/C24H17NO5/c1-28-18-7-3-2-5-14(18)11-20-23(27)16-8-9-19-22(24(16)30-20)17(12-21(26)29-19)15-6-4-10-25-13-15/h2-11,13,17H,12H2,1H3/b20-11+. The molecule has 0 bridgehead atoms. The molecule has 2 aliphatic heterocycles. The fraction of sp³-hybridized carbons (Fsp3) is 0.125. The number of allylic oxidation sites excluding steroid dienone is 1. The molecule has 0 saturated heterocycles. The minimum absolute atomic E-state index is 0.151. The number of esters is 1. The molecule has 3 heterocycles. The van der Waals surface area contributed by atoms with E-state index in [1.165, 1.54) is 0 Å². The number of fused-ring (bicyclic) bond motifs is 3. The number of nitrogens with zero attached hydrogens (tertiary/aromatic N) is 1. The SMILES string of the molecule is COc1ccccc1/C=C1/Oc2c(ccc3c2C(c2cccnc2)CC(=O)O3)C1=O. The summed E-state index contributed by atoms with van der Waals surface area (Å²) in [5.41, 5.74) is 2.74. The van der Waals surface area contributed by atoms with Crippen molar-refractivity contribution in [1.29, 1.82) is 0 Å². The van der Waals surface area contributed by atoms with Gasteiger partial charge in [0.1, 0.15) is 17.2 Å². The summed E-state index contributed by atoms with van der Waals surface area (Å²) >= 11 is 0. The Hall–Kier alpha value is -3.93. The maximum absolute atomic E-state index is 13.0. The number of methoxy groups -OCH3 is 1. The van der Waals surface area contributed by atoms with E-state index in [9.17, 15) is 9.59 Å². The van der Waals surface area contributed by atoms with Gasteiger partial charge in [0.05, 0.1) is 19.1 Å². The lowest BCUT2D eigenvalue weighted by Gasteiger charge is -2.26. The van der Waals surface area contributed by atoms with Crippen LogP contribution in [-0.2, 0) is 4.79 Å². The number of rotatable bonds is 3. The Morgan fingerprint density at radius 3 is 2.73 bits per heavy atom.